The van der Waals surface area contributed by atoms with Gasteiger partial charge in [-0.3, -0.25) is 24.2 Å². The van der Waals surface area contributed by atoms with Gasteiger partial charge in [0.2, 0.25) is 17.7 Å². The Morgan fingerprint density at radius 2 is 1.56 bits per heavy atom. The average molecular weight is 687 g/mol. The van der Waals surface area contributed by atoms with Gasteiger partial charge in [-0.1, -0.05) is 81.4 Å². The molecule has 50 heavy (non-hydrogen) atoms. The minimum atomic E-state index is -1.22. The summed E-state index contributed by atoms with van der Waals surface area (Å²) in [6, 6.07) is 15.0. The molecule has 4 rings (SSSR count). The van der Waals surface area contributed by atoms with Crippen LogP contribution >= 0.6 is 0 Å². The van der Waals surface area contributed by atoms with Crippen LogP contribution < -0.4 is 16.0 Å². The van der Waals surface area contributed by atoms with E-state index in [0.717, 1.165) is 11.1 Å². The fourth-order valence-corrected chi connectivity index (χ4v) is 5.57. The van der Waals surface area contributed by atoms with Gasteiger partial charge in [-0.15, -0.1) is 0 Å². The number of carbonyl (C=O) groups is 5. The van der Waals surface area contributed by atoms with Gasteiger partial charge in [-0.25, -0.2) is 4.98 Å². The van der Waals surface area contributed by atoms with Crippen molar-refractivity contribution in [3.05, 3.63) is 96.1 Å². The molecule has 266 valence electrons. The minimum Gasteiger partial charge on any atom is -0.372 e. The van der Waals surface area contributed by atoms with E-state index >= 15 is 0 Å². The molecule has 0 aliphatic carbocycles. The first-order valence-electron chi connectivity index (χ1n) is 16.9. The lowest BCUT2D eigenvalue weighted by atomic mass is 10.0. The zero-order valence-electron chi connectivity index (χ0n) is 28.9. The summed E-state index contributed by atoms with van der Waals surface area (Å²) in [7, 11) is 0. The van der Waals surface area contributed by atoms with Crippen LogP contribution in [0.1, 0.15) is 62.2 Å². The molecular weight excluding hydrogens is 640 g/mol. The third-order valence-electron chi connectivity index (χ3n) is 8.53. The van der Waals surface area contributed by atoms with Crippen LogP contribution in [-0.4, -0.2) is 87.7 Å². The predicted molar refractivity (Wildman–Crippen MR) is 184 cm³/mol. The molecule has 0 spiro atoms. The summed E-state index contributed by atoms with van der Waals surface area (Å²) < 4.78 is 12.2. The minimum absolute atomic E-state index is 0.00483. The molecule has 4 amide bonds. The normalized spacial score (nSPS) is 18.1. The molecule has 1 aromatic heterocycles. The van der Waals surface area contributed by atoms with Crippen molar-refractivity contribution < 1.29 is 33.4 Å². The number of amides is 4. The second-order valence-electron chi connectivity index (χ2n) is 12.6. The van der Waals surface area contributed by atoms with Gasteiger partial charge in [0.1, 0.15) is 30.1 Å². The number of nitrogens with zero attached hydrogens (tertiary/aromatic N) is 3. The number of aromatic nitrogens is 2. The molecule has 1 aliphatic rings. The summed E-state index contributed by atoms with van der Waals surface area (Å²) in [5, 5.41) is 8.26. The molecule has 2 heterocycles. The Balaban J connectivity index is 1.54. The number of hydrogen-bond donors (Lipinski definition) is 3. The van der Waals surface area contributed by atoms with E-state index in [2.05, 4.69) is 25.9 Å². The largest absolute Gasteiger partial charge is 0.372 e. The van der Waals surface area contributed by atoms with E-state index in [9.17, 15) is 24.0 Å². The Hall–Kier alpha value is -5.01. The number of aldehydes is 1. The molecule has 2 aromatic carbocycles. The molecule has 0 saturated carbocycles. The molecule has 0 bridgehead atoms. The van der Waals surface area contributed by atoms with Crippen LogP contribution in [0.4, 0.5) is 0 Å². The van der Waals surface area contributed by atoms with Crippen molar-refractivity contribution in [1.82, 2.24) is 30.8 Å². The van der Waals surface area contributed by atoms with E-state index in [1.807, 2.05) is 60.7 Å². The summed E-state index contributed by atoms with van der Waals surface area (Å²) in [5.41, 5.74) is 1.82. The van der Waals surface area contributed by atoms with Gasteiger partial charge in [0.15, 0.2) is 0 Å². The standard InChI is InChI=1S/C37H46N6O7/c1-5-28(21-44)40-35(46)31-18-29(50-23-27-14-10-7-11-15-27)20-43(31)37(48)32(24(2)3)41-36(47)33(42-34(45)30-19-38-16-17-39-30)25(4)49-22-26-12-8-6-9-13-26/h6-17,19,21,24-25,28-29,31-33H,5,18,20,22-23H2,1-4H3,(H,40,46)(H,41,47)(H,42,45)/t25-,28-,29+,31-,32-,33-/m0/s1. The lowest BCUT2D eigenvalue weighted by molar-refractivity contribution is -0.143. The molecule has 13 nitrogen and oxygen atoms in total. The van der Waals surface area contributed by atoms with Gasteiger partial charge in [-0.2, -0.15) is 0 Å². The summed E-state index contributed by atoms with van der Waals surface area (Å²) >= 11 is 0. The maximum absolute atomic E-state index is 14.3. The quantitative estimate of drug-likeness (QED) is 0.181. The first-order valence-corrected chi connectivity index (χ1v) is 16.9. The highest BCUT2D eigenvalue weighted by atomic mass is 16.5. The number of benzene rings is 2. The van der Waals surface area contributed by atoms with Gasteiger partial charge < -0.3 is 35.1 Å². The number of nitrogens with one attached hydrogen (secondary N) is 3. The Morgan fingerprint density at radius 1 is 0.900 bits per heavy atom. The van der Waals surface area contributed by atoms with E-state index in [-0.39, 0.29) is 31.9 Å². The fraction of sp³-hybridized carbons (Fsp3) is 0.432. The highest BCUT2D eigenvalue weighted by Crippen LogP contribution is 2.25. The van der Waals surface area contributed by atoms with Crippen LogP contribution in [0.25, 0.3) is 0 Å². The van der Waals surface area contributed by atoms with Crippen LogP contribution in [0.2, 0.25) is 0 Å². The van der Waals surface area contributed by atoms with Crippen molar-refractivity contribution in [3.8, 4) is 0 Å². The van der Waals surface area contributed by atoms with E-state index in [1.54, 1.807) is 27.7 Å². The first kappa shape index (κ1) is 37.8. The second-order valence-corrected chi connectivity index (χ2v) is 12.6. The van der Waals surface area contributed by atoms with Gasteiger partial charge in [0.05, 0.1) is 37.7 Å². The number of ether oxygens (including phenoxy) is 2. The summed E-state index contributed by atoms with van der Waals surface area (Å²) in [6.45, 7) is 7.54. The molecular formula is C37H46N6O7. The van der Waals surface area contributed by atoms with Crippen LogP contribution in [-0.2, 0) is 41.9 Å². The zero-order valence-corrected chi connectivity index (χ0v) is 28.9. The van der Waals surface area contributed by atoms with E-state index in [1.165, 1.54) is 23.5 Å². The molecule has 1 aliphatic heterocycles. The van der Waals surface area contributed by atoms with Crippen molar-refractivity contribution in [2.24, 2.45) is 5.92 Å². The molecule has 0 unspecified atom stereocenters. The van der Waals surface area contributed by atoms with Crippen molar-refractivity contribution in [3.63, 3.8) is 0 Å². The van der Waals surface area contributed by atoms with Crippen LogP contribution in [0.15, 0.2) is 79.3 Å². The number of likely N-dealkylation sites (tertiary alicyclic amines) is 1. The zero-order chi connectivity index (χ0) is 36.0. The molecule has 3 aromatic rings. The Labute approximate surface area is 292 Å². The third kappa shape index (κ3) is 10.5. The Bertz CT molecular complexity index is 1560. The maximum Gasteiger partial charge on any atom is 0.272 e. The van der Waals surface area contributed by atoms with Crippen molar-refractivity contribution >= 4 is 29.9 Å². The lowest BCUT2D eigenvalue weighted by Crippen LogP contribution is -2.60. The van der Waals surface area contributed by atoms with E-state index < -0.39 is 65.9 Å². The van der Waals surface area contributed by atoms with Gasteiger partial charge in [0.25, 0.3) is 5.91 Å². The topological polar surface area (TPSA) is 169 Å². The van der Waals surface area contributed by atoms with E-state index in [4.69, 9.17) is 9.47 Å². The first-order chi connectivity index (χ1) is 24.1. The average Bonchev–Trinajstić information content (AvgIpc) is 3.58. The summed E-state index contributed by atoms with van der Waals surface area (Å²) in [4.78, 5) is 75.9. The Kier molecular flexibility index (Phi) is 14.1. The molecule has 6 atom stereocenters. The molecule has 3 N–H and O–H groups in total. The van der Waals surface area contributed by atoms with Gasteiger partial charge in [0, 0.05) is 25.4 Å². The molecule has 13 heteroatoms. The monoisotopic (exact) mass is 686 g/mol. The molecule has 1 saturated heterocycles. The van der Waals surface area contributed by atoms with Crippen LogP contribution in [0.5, 0.6) is 0 Å². The third-order valence-corrected chi connectivity index (χ3v) is 8.53. The van der Waals surface area contributed by atoms with Crippen molar-refractivity contribution in [2.45, 2.75) is 90.1 Å². The van der Waals surface area contributed by atoms with E-state index in [0.29, 0.717) is 12.7 Å². The lowest BCUT2D eigenvalue weighted by Gasteiger charge is -2.32. The smallest absolute Gasteiger partial charge is 0.272 e. The highest BCUT2D eigenvalue weighted by Gasteiger charge is 2.44. The second kappa shape index (κ2) is 18.7. The SMILES string of the molecule is CC[C@@H](C=O)NC(=O)[C@@H]1C[C@@H](OCc2ccccc2)CN1C(=O)[C@@H](NC(=O)[C@@H](NC(=O)c1cnccn1)[C@H](C)OCc1ccccc1)C(C)C. The van der Waals surface area contributed by atoms with Crippen molar-refractivity contribution in [1.29, 1.82) is 0 Å². The summed E-state index contributed by atoms with van der Waals surface area (Å²) in [6.07, 6.45) is 4.04. The fourth-order valence-electron chi connectivity index (χ4n) is 5.57. The Morgan fingerprint density at radius 3 is 2.14 bits per heavy atom. The van der Waals surface area contributed by atoms with Crippen molar-refractivity contribution in [2.75, 3.05) is 6.54 Å². The number of hydrogen-bond acceptors (Lipinski definition) is 9. The predicted octanol–water partition coefficient (Wildman–Crippen LogP) is 2.60. The summed E-state index contributed by atoms with van der Waals surface area (Å²) in [5.74, 6) is -2.67. The maximum atomic E-state index is 14.3. The van der Waals surface area contributed by atoms with Crippen LogP contribution in [0.3, 0.4) is 0 Å². The number of carbonyl (C=O) groups excluding carboxylic acids is 5. The highest BCUT2D eigenvalue weighted by molar-refractivity contribution is 5.98. The van der Waals surface area contributed by atoms with Crippen LogP contribution in [0, 0.1) is 5.92 Å². The van der Waals surface area contributed by atoms with Gasteiger partial charge >= 0.3 is 0 Å². The number of rotatable bonds is 17. The van der Waals surface area contributed by atoms with Gasteiger partial charge in [-0.05, 0) is 30.4 Å². The molecule has 1 fully saturated rings. The molecule has 0 radical (unpaired) electrons.